The summed E-state index contributed by atoms with van der Waals surface area (Å²) in [6.45, 7) is 12.8. The van der Waals surface area contributed by atoms with Gasteiger partial charge in [0.25, 0.3) is 0 Å². The van der Waals surface area contributed by atoms with Gasteiger partial charge in [-0.1, -0.05) is 66.4 Å². The van der Waals surface area contributed by atoms with Crippen molar-refractivity contribution in [3.05, 3.63) is 81.4 Å². The summed E-state index contributed by atoms with van der Waals surface area (Å²) < 4.78 is 1.90. The number of hydrogen-bond donors (Lipinski definition) is 2. The Morgan fingerprint density at radius 3 is 2.41 bits per heavy atom. The molecule has 0 spiro atoms. The van der Waals surface area contributed by atoms with Gasteiger partial charge in [-0.2, -0.15) is 5.10 Å². The van der Waals surface area contributed by atoms with Crippen molar-refractivity contribution in [1.29, 1.82) is 0 Å². The summed E-state index contributed by atoms with van der Waals surface area (Å²) in [5, 5.41) is 13.9. The molecule has 7 heteroatoms. The van der Waals surface area contributed by atoms with Crippen molar-refractivity contribution < 1.29 is 0 Å². The van der Waals surface area contributed by atoms with Crippen LogP contribution in [0.1, 0.15) is 37.9 Å². The van der Waals surface area contributed by atoms with Crippen molar-refractivity contribution in [2.75, 3.05) is 13.1 Å². The Morgan fingerprint density at radius 1 is 1.06 bits per heavy atom. The van der Waals surface area contributed by atoms with Crippen molar-refractivity contribution in [3.8, 4) is 16.9 Å². The molecule has 0 radical (unpaired) electrons. The van der Waals surface area contributed by atoms with Crippen LogP contribution in [0, 0.1) is 12.8 Å². The summed E-state index contributed by atoms with van der Waals surface area (Å²) in [5.74, 6) is 0.613. The lowest BCUT2D eigenvalue weighted by atomic mass is 9.95. The van der Waals surface area contributed by atoms with Crippen molar-refractivity contribution in [2.24, 2.45) is 5.92 Å². The second kappa shape index (κ2) is 12.8. The first-order valence-corrected chi connectivity index (χ1v) is 12.8. The molecular formula is C27H33Cl3N4. The molecule has 2 aromatic carbocycles. The minimum atomic E-state index is 0.453. The molecule has 2 unspecified atom stereocenters. The van der Waals surface area contributed by atoms with Crippen LogP contribution in [0.3, 0.4) is 0 Å². The van der Waals surface area contributed by atoms with Crippen LogP contribution in [-0.2, 0) is 6.54 Å². The van der Waals surface area contributed by atoms with Gasteiger partial charge in [0.05, 0.1) is 22.1 Å². The summed E-state index contributed by atoms with van der Waals surface area (Å²) in [6.07, 6.45) is 4.19. The van der Waals surface area contributed by atoms with Gasteiger partial charge in [0.1, 0.15) is 0 Å². The van der Waals surface area contributed by atoms with Crippen LogP contribution >= 0.6 is 34.8 Å². The van der Waals surface area contributed by atoms with Gasteiger partial charge in [-0.05, 0) is 62.1 Å². The molecule has 3 aromatic rings. The summed E-state index contributed by atoms with van der Waals surface area (Å²) in [5.41, 5.74) is 4.87. The van der Waals surface area contributed by atoms with Crippen LogP contribution in [-0.4, -0.2) is 28.9 Å². The molecule has 4 nitrogen and oxygen atoms in total. The lowest BCUT2D eigenvalue weighted by Crippen LogP contribution is -2.37. The molecule has 0 amide bonds. The van der Waals surface area contributed by atoms with Gasteiger partial charge in [-0.3, -0.25) is 0 Å². The number of nitrogens with one attached hydrogen (secondary N) is 2. The van der Waals surface area contributed by atoms with Crippen molar-refractivity contribution in [3.63, 3.8) is 0 Å². The van der Waals surface area contributed by atoms with Crippen LogP contribution in [0.25, 0.3) is 16.9 Å². The smallest absolute Gasteiger partial charge is 0.0840 e. The first-order valence-electron chi connectivity index (χ1n) is 11.7. The fourth-order valence-corrected chi connectivity index (χ4v) is 4.80. The van der Waals surface area contributed by atoms with Crippen LogP contribution in [0.15, 0.2) is 55.1 Å². The fraction of sp³-hybridized carbons (Fsp3) is 0.370. The largest absolute Gasteiger partial charge is 0.313 e. The predicted octanol–water partition coefficient (Wildman–Crippen LogP) is 7.48. The van der Waals surface area contributed by atoms with E-state index in [1.165, 1.54) is 0 Å². The summed E-state index contributed by atoms with van der Waals surface area (Å²) in [6, 6.07) is 13.7. The zero-order chi connectivity index (χ0) is 24.7. The number of allylic oxidation sites excluding steroid dienone is 1. The number of rotatable bonds is 12. The zero-order valence-corrected chi connectivity index (χ0v) is 22.3. The summed E-state index contributed by atoms with van der Waals surface area (Å²) in [7, 11) is 0. The first kappa shape index (κ1) is 26.8. The summed E-state index contributed by atoms with van der Waals surface area (Å²) in [4.78, 5) is 0. The first-order chi connectivity index (χ1) is 16.3. The average molecular weight is 520 g/mol. The second-order valence-electron chi connectivity index (χ2n) is 8.55. The van der Waals surface area contributed by atoms with Gasteiger partial charge < -0.3 is 10.6 Å². The van der Waals surface area contributed by atoms with Gasteiger partial charge in [-0.15, -0.1) is 6.58 Å². The highest BCUT2D eigenvalue weighted by molar-refractivity contribution is 6.35. The third-order valence-electron chi connectivity index (χ3n) is 6.24. The van der Waals surface area contributed by atoms with Gasteiger partial charge in [0.2, 0.25) is 0 Å². The highest BCUT2D eigenvalue weighted by atomic mass is 35.5. The van der Waals surface area contributed by atoms with E-state index in [1.807, 2.05) is 47.2 Å². The van der Waals surface area contributed by atoms with E-state index in [2.05, 4.69) is 38.0 Å². The van der Waals surface area contributed by atoms with Crippen LogP contribution in [0.2, 0.25) is 15.1 Å². The Balaban J connectivity index is 1.77. The topological polar surface area (TPSA) is 41.9 Å². The molecule has 2 N–H and O–H groups in total. The van der Waals surface area contributed by atoms with Gasteiger partial charge in [0, 0.05) is 41.3 Å². The van der Waals surface area contributed by atoms with Crippen molar-refractivity contribution >= 4 is 34.8 Å². The highest BCUT2D eigenvalue weighted by Crippen LogP contribution is 2.33. The fourth-order valence-electron chi connectivity index (χ4n) is 4.18. The molecule has 182 valence electrons. The molecule has 0 fully saturated rings. The molecule has 0 aliphatic rings. The van der Waals surface area contributed by atoms with Crippen LogP contribution < -0.4 is 10.6 Å². The number of aromatic nitrogens is 2. The maximum atomic E-state index is 6.55. The number of benzene rings is 2. The highest BCUT2D eigenvalue weighted by Gasteiger charge is 2.19. The molecule has 0 saturated carbocycles. The van der Waals surface area contributed by atoms with Gasteiger partial charge in [-0.25, -0.2) is 4.68 Å². The van der Waals surface area contributed by atoms with E-state index in [0.29, 0.717) is 33.6 Å². The Kier molecular flexibility index (Phi) is 10.0. The molecular weight excluding hydrogens is 487 g/mol. The number of nitrogens with zero attached hydrogens (tertiary/aromatic N) is 2. The Morgan fingerprint density at radius 2 is 1.76 bits per heavy atom. The lowest BCUT2D eigenvalue weighted by molar-refractivity contribution is 0.365. The zero-order valence-electron chi connectivity index (χ0n) is 20.0. The third-order valence-corrected chi connectivity index (χ3v) is 7.03. The Labute approximate surface area is 218 Å². The van der Waals surface area contributed by atoms with E-state index in [4.69, 9.17) is 39.9 Å². The lowest BCUT2D eigenvalue weighted by Gasteiger charge is -2.22. The monoisotopic (exact) mass is 518 g/mol. The van der Waals surface area contributed by atoms with Crippen molar-refractivity contribution in [1.82, 2.24) is 20.4 Å². The predicted molar refractivity (Wildman–Crippen MR) is 147 cm³/mol. The van der Waals surface area contributed by atoms with Crippen molar-refractivity contribution in [2.45, 2.75) is 46.2 Å². The maximum Gasteiger partial charge on any atom is 0.0840 e. The maximum absolute atomic E-state index is 6.55. The minimum absolute atomic E-state index is 0.453. The molecule has 2 atom stereocenters. The minimum Gasteiger partial charge on any atom is -0.313 e. The van der Waals surface area contributed by atoms with E-state index in [9.17, 15) is 0 Å². The van der Waals surface area contributed by atoms with E-state index in [-0.39, 0.29) is 0 Å². The molecule has 34 heavy (non-hydrogen) atoms. The van der Waals surface area contributed by atoms with Gasteiger partial charge >= 0.3 is 0 Å². The quantitative estimate of drug-likeness (QED) is 0.192. The molecule has 0 saturated heterocycles. The summed E-state index contributed by atoms with van der Waals surface area (Å²) >= 11 is 18.8. The van der Waals surface area contributed by atoms with E-state index in [0.717, 1.165) is 54.1 Å². The molecule has 0 aliphatic carbocycles. The normalized spacial score (nSPS) is 13.1. The van der Waals surface area contributed by atoms with Crippen LogP contribution in [0.4, 0.5) is 0 Å². The second-order valence-corrected chi connectivity index (χ2v) is 9.83. The molecule has 3 rings (SSSR count). The van der Waals surface area contributed by atoms with E-state index >= 15 is 0 Å². The van der Waals surface area contributed by atoms with Crippen LogP contribution in [0.5, 0.6) is 0 Å². The molecule has 0 aliphatic heterocycles. The van der Waals surface area contributed by atoms with E-state index < -0.39 is 0 Å². The molecule has 0 bridgehead atoms. The Bertz CT molecular complexity index is 1090. The standard InChI is InChI=1S/C27H33Cl3N4/c1-5-7-20(6-2)19(4)32-15-14-31-17-25-18(3)27(21-8-10-22(28)11-9-21)34(33-25)26-13-12-23(29)16-24(26)30/h5,8-13,16,19-20,31-32H,1,6-7,14-15,17H2,2-4H3. The number of halogens is 3. The number of hydrogen-bond acceptors (Lipinski definition) is 3. The molecule has 1 aromatic heterocycles. The SMILES string of the molecule is C=CCC(CC)C(C)NCCNCc1nn(-c2ccc(Cl)cc2Cl)c(-c2ccc(Cl)cc2)c1C. The van der Waals surface area contributed by atoms with Gasteiger partial charge in [0.15, 0.2) is 0 Å². The average Bonchev–Trinajstić information content (AvgIpc) is 3.13. The van der Waals surface area contributed by atoms with E-state index in [1.54, 1.807) is 6.07 Å². The Hall–Kier alpha value is -1.82. The molecule has 1 heterocycles. The third kappa shape index (κ3) is 6.65.